The number of hydrogen-bond acceptors (Lipinski definition) is 5. The van der Waals surface area contributed by atoms with Gasteiger partial charge < -0.3 is 15.5 Å². The zero-order chi connectivity index (χ0) is 20.6. The van der Waals surface area contributed by atoms with Gasteiger partial charge >= 0.3 is 6.03 Å². The largest absolute Gasteiger partial charge is 0.372 e. The molecule has 0 radical (unpaired) electrons. The molecule has 7 heteroatoms. The Morgan fingerprint density at radius 2 is 1.59 bits per heavy atom. The van der Waals surface area contributed by atoms with Crippen LogP contribution in [0.1, 0.15) is 19.4 Å². The summed E-state index contributed by atoms with van der Waals surface area (Å²) in [5.41, 5.74) is 4.01. The van der Waals surface area contributed by atoms with Crippen LogP contribution in [0, 0.1) is 6.92 Å². The van der Waals surface area contributed by atoms with E-state index in [2.05, 4.69) is 64.0 Å². The minimum Gasteiger partial charge on any atom is -0.372 e. The first-order valence-electron chi connectivity index (χ1n) is 9.68. The predicted octanol–water partition coefficient (Wildman–Crippen LogP) is 5.02. The average molecular weight is 390 g/mol. The number of hydrogen-bond donors (Lipinski definition) is 3. The molecule has 1 heterocycles. The van der Waals surface area contributed by atoms with E-state index in [4.69, 9.17) is 0 Å². The van der Waals surface area contributed by atoms with Crippen molar-refractivity contribution >= 4 is 34.7 Å². The van der Waals surface area contributed by atoms with E-state index in [1.165, 1.54) is 5.69 Å². The molecule has 0 saturated carbocycles. The monoisotopic (exact) mass is 390 g/mol. The first-order chi connectivity index (χ1) is 14.1. The topological polar surface area (TPSA) is 82.2 Å². The number of aryl methyl sites for hydroxylation is 1. The summed E-state index contributed by atoms with van der Waals surface area (Å²) in [6, 6.07) is 18.6. The number of carbonyl (C=O) groups is 1. The molecule has 0 atom stereocenters. The molecular formula is C22H26N6O. The average Bonchev–Trinajstić information content (AvgIpc) is 2.73. The highest BCUT2D eigenvalue weighted by molar-refractivity contribution is 5.99. The molecule has 3 rings (SSSR count). The summed E-state index contributed by atoms with van der Waals surface area (Å²) in [4.78, 5) is 14.3. The predicted molar refractivity (Wildman–Crippen MR) is 119 cm³/mol. The van der Waals surface area contributed by atoms with Gasteiger partial charge in [-0.2, -0.15) is 0 Å². The zero-order valence-corrected chi connectivity index (χ0v) is 16.9. The van der Waals surface area contributed by atoms with Crippen molar-refractivity contribution in [3.63, 3.8) is 0 Å². The van der Waals surface area contributed by atoms with Gasteiger partial charge in [0.15, 0.2) is 11.6 Å². The van der Waals surface area contributed by atoms with E-state index in [1.54, 1.807) is 12.1 Å². The van der Waals surface area contributed by atoms with E-state index in [-0.39, 0.29) is 6.03 Å². The molecule has 0 aliphatic heterocycles. The van der Waals surface area contributed by atoms with Crippen molar-refractivity contribution in [2.24, 2.45) is 0 Å². The third kappa shape index (κ3) is 5.44. The molecule has 0 fully saturated rings. The van der Waals surface area contributed by atoms with Gasteiger partial charge in [0.05, 0.1) is 0 Å². The van der Waals surface area contributed by atoms with Crippen molar-refractivity contribution in [2.75, 3.05) is 33.9 Å². The van der Waals surface area contributed by atoms with Crippen LogP contribution in [0.3, 0.4) is 0 Å². The van der Waals surface area contributed by atoms with Crippen molar-refractivity contribution in [2.45, 2.75) is 20.8 Å². The molecular weight excluding hydrogens is 364 g/mol. The van der Waals surface area contributed by atoms with Crippen LogP contribution in [-0.4, -0.2) is 29.3 Å². The lowest BCUT2D eigenvalue weighted by atomic mass is 10.1. The Hall–Kier alpha value is -3.61. The molecule has 2 amide bonds. The van der Waals surface area contributed by atoms with Gasteiger partial charge in [-0.3, -0.25) is 5.32 Å². The molecule has 0 aliphatic carbocycles. The zero-order valence-electron chi connectivity index (χ0n) is 16.9. The number of nitrogens with one attached hydrogen (secondary N) is 3. The van der Waals surface area contributed by atoms with Crippen LogP contribution >= 0.6 is 0 Å². The van der Waals surface area contributed by atoms with E-state index in [0.29, 0.717) is 17.3 Å². The minimum absolute atomic E-state index is 0.367. The highest BCUT2D eigenvalue weighted by Crippen LogP contribution is 2.25. The number of anilines is 5. The summed E-state index contributed by atoms with van der Waals surface area (Å²) in [5, 5.41) is 16.9. The van der Waals surface area contributed by atoms with Crippen molar-refractivity contribution in [1.29, 1.82) is 0 Å². The van der Waals surface area contributed by atoms with Crippen molar-refractivity contribution in [3.8, 4) is 0 Å². The number of urea groups is 1. The van der Waals surface area contributed by atoms with Crippen LogP contribution in [0.4, 0.5) is 33.5 Å². The SMILES string of the molecule is CCN(CC)c1ccc(Nc2ccc(NC(=O)Nc3ccccc3)nn2)c(C)c1. The van der Waals surface area contributed by atoms with Crippen LogP contribution in [0.15, 0.2) is 60.7 Å². The van der Waals surface area contributed by atoms with Gasteiger partial charge in [0.2, 0.25) is 0 Å². The van der Waals surface area contributed by atoms with Gasteiger partial charge in [0.1, 0.15) is 0 Å². The summed E-state index contributed by atoms with van der Waals surface area (Å²) >= 11 is 0. The van der Waals surface area contributed by atoms with Crippen LogP contribution < -0.4 is 20.9 Å². The molecule has 29 heavy (non-hydrogen) atoms. The maximum atomic E-state index is 12.0. The molecule has 2 aromatic carbocycles. The van der Waals surface area contributed by atoms with Crippen LogP contribution in [0.2, 0.25) is 0 Å². The van der Waals surface area contributed by atoms with Gasteiger partial charge in [-0.1, -0.05) is 18.2 Å². The van der Waals surface area contributed by atoms with E-state index in [9.17, 15) is 4.79 Å². The molecule has 0 bridgehead atoms. The number of carbonyl (C=O) groups excluding carboxylic acids is 1. The van der Waals surface area contributed by atoms with Crippen molar-refractivity contribution in [3.05, 3.63) is 66.2 Å². The second-order valence-corrected chi connectivity index (χ2v) is 6.55. The summed E-state index contributed by atoms with van der Waals surface area (Å²) in [5.74, 6) is 0.982. The first kappa shape index (κ1) is 20.1. The lowest BCUT2D eigenvalue weighted by Gasteiger charge is -2.22. The Morgan fingerprint density at radius 3 is 2.21 bits per heavy atom. The number of amides is 2. The smallest absolute Gasteiger partial charge is 0.324 e. The summed E-state index contributed by atoms with van der Waals surface area (Å²) < 4.78 is 0. The second kappa shape index (κ2) is 9.54. The van der Waals surface area contributed by atoms with Crippen LogP contribution in [0.5, 0.6) is 0 Å². The molecule has 0 spiro atoms. The van der Waals surface area contributed by atoms with E-state index < -0.39 is 0 Å². The summed E-state index contributed by atoms with van der Waals surface area (Å²) in [7, 11) is 0. The van der Waals surface area contributed by atoms with Crippen molar-refractivity contribution < 1.29 is 4.79 Å². The Labute approximate surface area is 171 Å². The highest BCUT2D eigenvalue weighted by Gasteiger charge is 2.07. The van der Waals surface area contributed by atoms with Crippen molar-refractivity contribution in [1.82, 2.24) is 10.2 Å². The quantitative estimate of drug-likeness (QED) is 0.528. The minimum atomic E-state index is -0.367. The Balaban J connectivity index is 1.61. The van der Waals surface area contributed by atoms with Crippen LogP contribution in [0.25, 0.3) is 0 Å². The number of para-hydroxylation sites is 1. The number of aromatic nitrogens is 2. The molecule has 150 valence electrons. The molecule has 0 saturated heterocycles. The standard InChI is InChI=1S/C22H26N6O/c1-4-28(5-2)18-11-12-19(16(3)15-18)24-20-13-14-21(27-26-20)25-22(29)23-17-9-7-6-8-10-17/h6-15H,4-5H2,1-3H3,(H,24,26)(H2,23,25,27,29). The Kier molecular flexibility index (Phi) is 6.63. The fraction of sp³-hybridized carbons (Fsp3) is 0.227. The maximum absolute atomic E-state index is 12.0. The fourth-order valence-corrected chi connectivity index (χ4v) is 2.98. The molecule has 0 aliphatic rings. The van der Waals surface area contributed by atoms with Gasteiger partial charge in [-0.05, 0) is 68.8 Å². The third-order valence-electron chi connectivity index (χ3n) is 4.54. The highest BCUT2D eigenvalue weighted by atomic mass is 16.2. The van der Waals surface area contributed by atoms with E-state index in [1.807, 2.05) is 36.4 Å². The third-order valence-corrected chi connectivity index (χ3v) is 4.54. The molecule has 0 unspecified atom stereocenters. The van der Waals surface area contributed by atoms with E-state index in [0.717, 1.165) is 24.3 Å². The van der Waals surface area contributed by atoms with Gasteiger partial charge in [0, 0.05) is 30.2 Å². The lowest BCUT2D eigenvalue weighted by Crippen LogP contribution is -2.21. The number of benzene rings is 2. The first-order valence-corrected chi connectivity index (χ1v) is 9.68. The maximum Gasteiger partial charge on any atom is 0.324 e. The summed E-state index contributed by atoms with van der Waals surface area (Å²) in [6.07, 6.45) is 0. The van der Waals surface area contributed by atoms with Crippen LogP contribution in [-0.2, 0) is 0 Å². The van der Waals surface area contributed by atoms with E-state index >= 15 is 0 Å². The Bertz CT molecular complexity index is 939. The van der Waals surface area contributed by atoms with Gasteiger partial charge in [-0.15, -0.1) is 10.2 Å². The molecule has 1 aromatic heterocycles. The second-order valence-electron chi connectivity index (χ2n) is 6.55. The number of nitrogens with zero attached hydrogens (tertiary/aromatic N) is 3. The Morgan fingerprint density at radius 1 is 0.897 bits per heavy atom. The fourth-order valence-electron chi connectivity index (χ4n) is 2.98. The normalized spacial score (nSPS) is 10.3. The summed E-state index contributed by atoms with van der Waals surface area (Å²) in [6.45, 7) is 8.31. The molecule has 3 N–H and O–H groups in total. The lowest BCUT2D eigenvalue weighted by molar-refractivity contribution is 0.262. The van der Waals surface area contributed by atoms with Gasteiger partial charge in [0.25, 0.3) is 0 Å². The van der Waals surface area contributed by atoms with Gasteiger partial charge in [-0.25, -0.2) is 4.79 Å². The molecule has 7 nitrogen and oxygen atoms in total. The molecule has 3 aromatic rings. The number of rotatable bonds is 7.